The van der Waals surface area contributed by atoms with E-state index in [1.54, 1.807) is 24.3 Å². The van der Waals surface area contributed by atoms with Crippen molar-refractivity contribution in [3.63, 3.8) is 0 Å². The van der Waals surface area contributed by atoms with Gasteiger partial charge in [0.25, 0.3) is 5.91 Å². The molecular formula is C12H15BrClNO. The van der Waals surface area contributed by atoms with E-state index in [1.807, 2.05) is 0 Å². The van der Waals surface area contributed by atoms with Gasteiger partial charge in [0.15, 0.2) is 0 Å². The van der Waals surface area contributed by atoms with Gasteiger partial charge in [-0.15, -0.1) is 0 Å². The minimum atomic E-state index is -0.0375. The number of halogens is 2. The van der Waals surface area contributed by atoms with E-state index < -0.39 is 0 Å². The molecular weight excluding hydrogens is 289 g/mol. The number of benzene rings is 1. The van der Waals surface area contributed by atoms with Crippen molar-refractivity contribution in [3.05, 3.63) is 34.9 Å². The molecule has 1 rings (SSSR count). The maximum absolute atomic E-state index is 11.8. The Bertz CT molecular complexity index is 339. The van der Waals surface area contributed by atoms with Crippen LogP contribution >= 0.6 is 27.5 Å². The predicted octanol–water partition coefficient (Wildman–Crippen LogP) is 3.63. The van der Waals surface area contributed by atoms with Crippen molar-refractivity contribution in [1.82, 2.24) is 5.32 Å². The monoisotopic (exact) mass is 303 g/mol. The van der Waals surface area contributed by atoms with E-state index in [4.69, 9.17) is 11.6 Å². The Morgan fingerprint density at radius 2 is 2.06 bits per heavy atom. The van der Waals surface area contributed by atoms with Gasteiger partial charge in [-0.25, -0.2) is 0 Å². The fourth-order valence-corrected chi connectivity index (χ4v) is 2.06. The summed E-state index contributed by atoms with van der Waals surface area (Å²) in [7, 11) is 0. The zero-order valence-electron chi connectivity index (χ0n) is 9.17. The molecule has 0 aliphatic rings. The van der Waals surface area contributed by atoms with Crippen molar-refractivity contribution in [2.75, 3.05) is 5.33 Å². The van der Waals surface area contributed by atoms with Gasteiger partial charge in [-0.1, -0.05) is 34.5 Å². The molecule has 2 nitrogen and oxygen atoms in total. The maximum atomic E-state index is 11.8. The van der Waals surface area contributed by atoms with Crippen molar-refractivity contribution in [2.24, 2.45) is 0 Å². The fourth-order valence-electron chi connectivity index (χ4n) is 1.38. The number of carbonyl (C=O) groups is 1. The summed E-state index contributed by atoms with van der Waals surface area (Å²) in [5.41, 5.74) is 0.650. The molecule has 0 fully saturated rings. The highest BCUT2D eigenvalue weighted by molar-refractivity contribution is 9.09. The van der Waals surface area contributed by atoms with Crippen LogP contribution in [0.4, 0.5) is 0 Å². The summed E-state index contributed by atoms with van der Waals surface area (Å²) in [4.78, 5) is 11.8. The van der Waals surface area contributed by atoms with E-state index in [0.717, 1.165) is 18.2 Å². The van der Waals surface area contributed by atoms with Gasteiger partial charge in [-0.3, -0.25) is 4.79 Å². The van der Waals surface area contributed by atoms with Gasteiger partial charge in [0.05, 0.1) is 0 Å². The van der Waals surface area contributed by atoms with E-state index in [2.05, 4.69) is 28.2 Å². The molecule has 0 radical (unpaired) electrons. The summed E-state index contributed by atoms with van der Waals surface area (Å²) in [6, 6.07) is 7.14. The van der Waals surface area contributed by atoms with Crippen LogP contribution in [0.1, 0.15) is 30.1 Å². The first-order chi connectivity index (χ1) is 7.67. The summed E-state index contributed by atoms with van der Waals surface area (Å²) >= 11 is 9.14. The number of hydrogen-bond donors (Lipinski definition) is 1. The van der Waals surface area contributed by atoms with Crippen LogP contribution in [0.3, 0.4) is 0 Å². The largest absolute Gasteiger partial charge is 0.349 e. The molecule has 16 heavy (non-hydrogen) atoms. The second kappa shape index (κ2) is 6.92. The highest BCUT2D eigenvalue weighted by Crippen LogP contribution is 2.10. The molecule has 0 saturated carbocycles. The lowest BCUT2D eigenvalue weighted by Gasteiger charge is -2.15. The van der Waals surface area contributed by atoms with Crippen molar-refractivity contribution < 1.29 is 4.79 Å². The third-order valence-electron chi connectivity index (χ3n) is 2.39. The van der Waals surface area contributed by atoms with Crippen molar-refractivity contribution in [3.8, 4) is 0 Å². The molecule has 0 bridgehead atoms. The van der Waals surface area contributed by atoms with Gasteiger partial charge < -0.3 is 5.32 Å². The zero-order chi connectivity index (χ0) is 12.0. The molecule has 0 aromatic heterocycles. The van der Waals surface area contributed by atoms with Crippen LogP contribution in [0, 0.1) is 0 Å². The third kappa shape index (κ3) is 4.14. The van der Waals surface area contributed by atoms with Crippen LogP contribution in [0.2, 0.25) is 5.02 Å². The molecule has 0 spiro atoms. The van der Waals surface area contributed by atoms with Crippen LogP contribution in [0.5, 0.6) is 0 Å². The number of rotatable bonds is 5. The summed E-state index contributed by atoms with van der Waals surface area (Å²) in [5.74, 6) is -0.0375. The van der Waals surface area contributed by atoms with Gasteiger partial charge >= 0.3 is 0 Å². The summed E-state index contributed by atoms with van der Waals surface area (Å²) < 4.78 is 0. The Kier molecular flexibility index (Phi) is 5.85. The first kappa shape index (κ1) is 13.5. The van der Waals surface area contributed by atoms with Crippen LogP contribution in [-0.4, -0.2) is 17.3 Å². The molecule has 1 atom stereocenters. The summed E-state index contributed by atoms with van der Waals surface area (Å²) in [6.45, 7) is 2.06. The lowest BCUT2D eigenvalue weighted by molar-refractivity contribution is 0.0935. The fraction of sp³-hybridized carbons (Fsp3) is 0.417. The average molecular weight is 305 g/mol. The molecule has 1 unspecified atom stereocenters. The van der Waals surface area contributed by atoms with E-state index in [-0.39, 0.29) is 11.9 Å². The minimum absolute atomic E-state index is 0.0375. The molecule has 0 aliphatic heterocycles. The number of amides is 1. The van der Waals surface area contributed by atoms with Crippen molar-refractivity contribution in [1.29, 1.82) is 0 Å². The lowest BCUT2D eigenvalue weighted by Crippen LogP contribution is -2.34. The Hall–Kier alpha value is -0.540. The number of alkyl halides is 1. The van der Waals surface area contributed by atoms with Crippen LogP contribution in [0.25, 0.3) is 0 Å². The van der Waals surface area contributed by atoms with Crippen molar-refractivity contribution >= 4 is 33.4 Å². The summed E-state index contributed by atoms with van der Waals surface area (Å²) in [5, 5.41) is 4.53. The van der Waals surface area contributed by atoms with Gasteiger partial charge in [-0.05, 0) is 37.1 Å². The van der Waals surface area contributed by atoms with Gasteiger partial charge in [-0.2, -0.15) is 0 Å². The normalized spacial score (nSPS) is 12.2. The molecule has 1 amide bonds. The van der Waals surface area contributed by atoms with E-state index in [1.165, 1.54) is 0 Å². The smallest absolute Gasteiger partial charge is 0.251 e. The molecule has 88 valence electrons. The SMILES string of the molecule is CCC(CCBr)NC(=O)c1ccc(Cl)cc1. The van der Waals surface area contributed by atoms with Gasteiger partial charge in [0, 0.05) is 22.0 Å². The quantitative estimate of drug-likeness (QED) is 0.827. The van der Waals surface area contributed by atoms with E-state index in [0.29, 0.717) is 10.6 Å². The first-order valence-electron chi connectivity index (χ1n) is 5.29. The first-order valence-corrected chi connectivity index (χ1v) is 6.79. The van der Waals surface area contributed by atoms with Gasteiger partial charge in [0.2, 0.25) is 0 Å². The molecule has 1 aromatic rings. The molecule has 0 aliphatic carbocycles. The van der Waals surface area contributed by atoms with Crippen LogP contribution in [-0.2, 0) is 0 Å². The van der Waals surface area contributed by atoms with Crippen LogP contribution < -0.4 is 5.32 Å². The molecule has 1 N–H and O–H groups in total. The molecule has 0 heterocycles. The van der Waals surface area contributed by atoms with Crippen LogP contribution in [0.15, 0.2) is 24.3 Å². The Morgan fingerprint density at radius 1 is 1.44 bits per heavy atom. The highest BCUT2D eigenvalue weighted by atomic mass is 79.9. The predicted molar refractivity (Wildman–Crippen MR) is 71.4 cm³/mol. The second-order valence-electron chi connectivity index (χ2n) is 3.56. The third-order valence-corrected chi connectivity index (χ3v) is 3.10. The number of nitrogens with one attached hydrogen (secondary N) is 1. The number of hydrogen-bond acceptors (Lipinski definition) is 1. The Balaban J connectivity index is 2.60. The van der Waals surface area contributed by atoms with E-state index >= 15 is 0 Å². The summed E-state index contributed by atoms with van der Waals surface area (Å²) in [6.07, 6.45) is 1.88. The lowest BCUT2D eigenvalue weighted by atomic mass is 10.1. The second-order valence-corrected chi connectivity index (χ2v) is 4.79. The molecule has 1 aromatic carbocycles. The van der Waals surface area contributed by atoms with Crippen molar-refractivity contribution in [2.45, 2.75) is 25.8 Å². The highest BCUT2D eigenvalue weighted by Gasteiger charge is 2.11. The van der Waals surface area contributed by atoms with E-state index in [9.17, 15) is 4.79 Å². The maximum Gasteiger partial charge on any atom is 0.251 e. The van der Waals surface area contributed by atoms with Gasteiger partial charge in [0.1, 0.15) is 0 Å². The zero-order valence-corrected chi connectivity index (χ0v) is 11.5. The number of carbonyl (C=O) groups excluding carboxylic acids is 1. The Morgan fingerprint density at radius 3 is 2.56 bits per heavy atom. The average Bonchev–Trinajstić information content (AvgIpc) is 2.29. The topological polar surface area (TPSA) is 29.1 Å². The standard InChI is InChI=1S/C12H15BrClNO/c1-2-11(7-8-13)15-12(16)9-3-5-10(14)6-4-9/h3-6,11H,2,7-8H2,1H3,(H,15,16). The Labute approximate surface area is 110 Å². The molecule has 4 heteroatoms. The minimum Gasteiger partial charge on any atom is -0.349 e. The molecule has 0 saturated heterocycles.